The van der Waals surface area contributed by atoms with E-state index >= 15 is 0 Å². The quantitative estimate of drug-likeness (QED) is 0.289. The van der Waals surface area contributed by atoms with Crippen LogP contribution in [0.3, 0.4) is 0 Å². The maximum absolute atomic E-state index is 12.0. The fraction of sp³-hybridized carbons (Fsp3) is 0.619. The molecule has 4 nitrogen and oxygen atoms in total. The minimum Gasteiger partial charge on any atom is -0.466 e. The predicted octanol–water partition coefficient (Wildman–Crippen LogP) is 4.44. The number of unbranched alkanes of at least 4 members (excludes halogenated alkanes) is 2. The molecule has 0 spiro atoms. The summed E-state index contributed by atoms with van der Waals surface area (Å²) in [4.78, 5) is 24.0. The number of rotatable bonds is 13. The third-order valence-corrected chi connectivity index (χ3v) is 10.2. The van der Waals surface area contributed by atoms with Crippen LogP contribution in [0.25, 0.3) is 0 Å². The average Bonchev–Trinajstić information content (AvgIpc) is 2.65. The van der Waals surface area contributed by atoms with E-state index in [9.17, 15) is 9.59 Å². The third kappa shape index (κ3) is 7.73. The zero-order chi connectivity index (χ0) is 19.3. The Hall–Kier alpha value is -1.62. The van der Waals surface area contributed by atoms with Gasteiger partial charge < -0.3 is 9.47 Å². The second-order valence-corrected chi connectivity index (χ2v) is 11.4. The van der Waals surface area contributed by atoms with Crippen LogP contribution >= 0.6 is 0 Å². The fourth-order valence-electron chi connectivity index (χ4n) is 3.46. The summed E-state index contributed by atoms with van der Waals surface area (Å²) >= 11 is 0. The Balaban J connectivity index is 3.01. The molecule has 26 heavy (non-hydrogen) atoms. The van der Waals surface area contributed by atoms with Gasteiger partial charge >= 0.3 is 11.9 Å². The van der Waals surface area contributed by atoms with Crippen molar-refractivity contribution in [3.63, 3.8) is 0 Å². The smallest absolute Gasteiger partial charge is 0.305 e. The minimum absolute atomic E-state index is 0.132. The highest BCUT2D eigenvalue weighted by Crippen LogP contribution is 2.28. The van der Waals surface area contributed by atoms with E-state index in [1.54, 1.807) is 0 Å². The van der Waals surface area contributed by atoms with Crippen molar-refractivity contribution in [3.8, 4) is 0 Å². The number of ether oxygens (including phenoxy) is 2. The molecule has 1 aromatic rings. The van der Waals surface area contributed by atoms with Crippen molar-refractivity contribution in [2.24, 2.45) is 0 Å². The molecule has 0 saturated heterocycles. The van der Waals surface area contributed by atoms with E-state index in [2.05, 4.69) is 31.2 Å². The van der Waals surface area contributed by atoms with Crippen LogP contribution in [0.5, 0.6) is 0 Å². The zero-order valence-electron chi connectivity index (χ0n) is 16.6. The summed E-state index contributed by atoms with van der Waals surface area (Å²) in [5.74, 6) is -0.265. The van der Waals surface area contributed by atoms with E-state index in [1.807, 2.05) is 19.9 Å². The van der Waals surface area contributed by atoms with Crippen LogP contribution in [0.15, 0.2) is 30.3 Å². The first-order valence-corrected chi connectivity index (χ1v) is 12.6. The topological polar surface area (TPSA) is 52.6 Å². The number of benzene rings is 1. The highest BCUT2D eigenvalue weighted by atomic mass is 28.3. The van der Waals surface area contributed by atoms with Crippen LogP contribution in [0, 0.1) is 0 Å². The van der Waals surface area contributed by atoms with Gasteiger partial charge in [0, 0.05) is 12.8 Å². The van der Waals surface area contributed by atoms with Gasteiger partial charge in [0.25, 0.3) is 0 Å². The predicted molar refractivity (Wildman–Crippen MR) is 108 cm³/mol. The molecule has 0 radical (unpaired) electrons. The summed E-state index contributed by atoms with van der Waals surface area (Å²) in [6.45, 7) is 6.70. The third-order valence-electron chi connectivity index (χ3n) is 4.87. The second-order valence-electron chi connectivity index (χ2n) is 6.71. The van der Waals surface area contributed by atoms with Gasteiger partial charge in [0.05, 0.1) is 21.3 Å². The molecule has 0 amide bonds. The Morgan fingerprint density at radius 1 is 0.808 bits per heavy atom. The van der Waals surface area contributed by atoms with Crippen LogP contribution in [0.1, 0.15) is 52.9 Å². The van der Waals surface area contributed by atoms with Crippen molar-refractivity contribution in [1.29, 1.82) is 0 Å². The number of hydrogen-bond donors (Lipinski definition) is 0. The highest BCUT2D eigenvalue weighted by Gasteiger charge is 2.35. The molecule has 0 aromatic heterocycles. The van der Waals surface area contributed by atoms with E-state index in [0.29, 0.717) is 26.1 Å². The standard InChI is InChI=1S/C21H34O4Si/c1-4-7-11-16-26(17-14-20(22)24-5-2,18-15-21(23)25-6-3)19-12-9-8-10-13-19/h8-10,12-13H,4-7,11,14-18H2,1-3H3. The molecule has 0 bridgehead atoms. The largest absolute Gasteiger partial charge is 0.466 e. The van der Waals surface area contributed by atoms with Crippen LogP contribution < -0.4 is 5.19 Å². The van der Waals surface area contributed by atoms with Crippen molar-refractivity contribution in [3.05, 3.63) is 30.3 Å². The first-order chi connectivity index (χ1) is 12.6. The van der Waals surface area contributed by atoms with Crippen LogP contribution in [-0.4, -0.2) is 33.2 Å². The molecule has 5 heteroatoms. The molecule has 0 aliphatic rings. The summed E-state index contributed by atoms with van der Waals surface area (Å²) in [7, 11) is -1.99. The Kier molecular flexibility index (Phi) is 10.9. The second kappa shape index (κ2) is 12.7. The first kappa shape index (κ1) is 22.4. The number of hydrogen-bond acceptors (Lipinski definition) is 4. The highest BCUT2D eigenvalue weighted by molar-refractivity contribution is 6.92. The lowest BCUT2D eigenvalue weighted by molar-refractivity contribution is -0.143. The molecular weight excluding hydrogens is 344 g/mol. The van der Waals surface area contributed by atoms with Gasteiger partial charge in [0.1, 0.15) is 0 Å². The van der Waals surface area contributed by atoms with Gasteiger partial charge in [0.2, 0.25) is 0 Å². The van der Waals surface area contributed by atoms with Crippen LogP contribution in [-0.2, 0) is 19.1 Å². The van der Waals surface area contributed by atoms with Crippen molar-refractivity contribution in [1.82, 2.24) is 0 Å². The van der Waals surface area contributed by atoms with Gasteiger partial charge in [-0.1, -0.05) is 67.7 Å². The molecule has 0 aliphatic heterocycles. The van der Waals surface area contributed by atoms with Gasteiger partial charge in [-0.3, -0.25) is 9.59 Å². The Labute approximate surface area is 159 Å². The molecule has 0 N–H and O–H groups in total. The van der Waals surface area contributed by atoms with E-state index in [1.165, 1.54) is 11.6 Å². The molecule has 0 aliphatic carbocycles. The molecular formula is C21H34O4Si. The molecule has 1 aromatic carbocycles. The molecule has 0 unspecified atom stereocenters. The van der Waals surface area contributed by atoms with Gasteiger partial charge in [-0.05, 0) is 25.9 Å². The lowest BCUT2D eigenvalue weighted by Crippen LogP contribution is -2.48. The summed E-state index contributed by atoms with van der Waals surface area (Å²) in [6, 6.07) is 13.3. The lowest BCUT2D eigenvalue weighted by Gasteiger charge is -2.32. The maximum Gasteiger partial charge on any atom is 0.305 e. The minimum atomic E-state index is -1.99. The maximum atomic E-state index is 12.0. The molecule has 0 saturated carbocycles. The van der Waals surface area contributed by atoms with Gasteiger partial charge in [0.15, 0.2) is 0 Å². The summed E-state index contributed by atoms with van der Waals surface area (Å²) in [6.07, 6.45) is 4.35. The van der Waals surface area contributed by atoms with Crippen LogP contribution in [0.4, 0.5) is 0 Å². The zero-order valence-corrected chi connectivity index (χ0v) is 17.6. The molecule has 146 valence electrons. The summed E-state index contributed by atoms with van der Waals surface area (Å²) < 4.78 is 10.3. The Morgan fingerprint density at radius 3 is 1.81 bits per heavy atom. The first-order valence-electron chi connectivity index (χ1n) is 9.94. The lowest BCUT2D eigenvalue weighted by atomic mass is 10.3. The average molecular weight is 379 g/mol. The van der Waals surface area contributed by atoms with Crippen molar-refractivity contribution >= 4 is 25.2 Å². The van der Waals surface area contributed by atoms with Gasteiger partial charge in [-0.2, -0.15) is 0 Å². The molecule has 0 atom stereocenters. The molecule has 0 heterocycles. The molecule has 0 fully saturated rings. The monoisotopic (exact) mass is 378 g/mol. The van der Waals surface area contributed by atoms with Crippen molar-refractivity contribution in [2.45, 2.75) is 71.0 Å². The number of carbonyl (C=O) groups is 2. The van der Waals surface area contributed by atoms with E-state index < -0.39 is 8.07 Å². The molecule has 1 rings (SSSR count). The van der Waals surface area contributed by atoms with Crippen molar-refractivity contribution < 1.29 is 19.1 Å². The summed E-state index contributed by atoms with van der Waals surface area (Å²) in [5, 5.41) is 1.34. The fourth-order valence-corrected chi connectivity index (χ4v) is 8.27. The van der Waals surface area contributed by atoms with E-state index in [-0.39, 0.29) is 11.9 Å². The van der Waals surface area contributed by atoms with E-state index in [0.717, 1.165) is 31.0 Å². The van der Waals surface area contributed by atoms with E-state index in [4.69, 9.17) is 9.47 Å². The Morgan fingerprint density at radius 2 is 1.35 bits per heavy atom. The normalized spacial score (nSPS) is 11.2. The number of esters is 2. The Bertz CT molecular complexity index is 508. The number of carbonyl (C=O) groups excluding carboxylic acids is 2. The van der Waals surface area contributed by atoms with Crippen LogP contribution in [0.2, 0.25) is 18.1 Å². The van der Waals surface area contributed by atoms with Crippen molar-refractivity contribution in [2.75, 3.05) is 13.2 Å². The van der Waals surface area contributed by atoms with Gasteiger partial charge in [-0.25, -0.2) is 0 Å². The van der Waals surface area contributed by atoms with Gasteiger partial charge in [-0.15, -0.1) is 0 Å². The SMILES string of the molecule is CCCCC[Si](CCC(=O)OCC)(CCC(=O)OCC)c1ccccc1. The summed E-state index contributed by atoms with van der Waals surface area (Å²) in [5.41, 5.74) is 0.